The van der Waals surface area contributed by atoms with Crippen molar-refractivity contribution < 1.29 is 4.74 Å². The highest BCUT2D eigenvalue weighted by Crippen LogP contribution is 2.27. The van der Waals surface area contributed by atoms with Crippen molar-refractivity contribution in [3.05, 3.63) is 28.0 Å². The Bertz CT molecular complexity index is 331. The maximum Gasteiger partial charge on any atom is 0.130 e. The molecule has 2 heterocycles. The summed E-state index contributed by atoms with van der Waals surface area (Å²) in [5, 5.41) is 1.75. The fourth-order valence-electron chi connectivity index (χ4n) is 1.06. The zero-order chi connectivity index (χ0) is 9.97. The fraction of sp³-hybridized carbons (Fsp3) is 0.444. The molecule has 0 amide bonds. The smallest absolute Gasteiger partial charge is 0.130 e. The van der Waals surface area contributed by atoms with E-state index in [9.17, 15) is 0 Å². The quantitative estimate of drug-likeness (QED) is 0.770. The summed E-state index contributed by atoms with van der Waals surface area (Å²) in [6, 6.07) is 1.68. The molecule has 0 aliphatic carbocycles. The van der Waals surface area contributed by atoms with Gasteiger partial charge in [-0.1, -0.05) is 23.2 Å². The maximum absolute atomic E-state index is 6.01. The van der Waals surface area contributed by atoms with Gasteiger partial charge in [-0.2, -0.15) is 0 Å². The van der Waals surface area contributed by atoms with E-state index in [1.165, 1.54) is 0 Å². The Morgan fingerprint density at radius 1 is 1.50 bits per heavy atom. The number of thioether (sulfide) groups is 1. The van der Waals surface area contributed by atoms with Gasteiger partial charge >= 0.3 is 0 Å². The lowest BCUT2D eigenvalue weighted by Crippen LogP contribution is -2.30. The highest BCUT2D eigenvalue weighted by molar-refractivity contribution is 7.99. The molecule has 2 nitrogen and oxygen atoms in total. The molecule has 2 rings (SSSR count). The number of ether oxygens (including phenoxy) is 1. The van der Waals surface area contributed by atoms with Gasteiger partial charge in [0.2, 0.25) is 0 Å². The Morgan fingerprint density at radius 3 is 2.86 bits per heavy atom. The molecule has 0 unspecified atom stereocenters. The van der Waals surface area contributed by atoms with Crippen molar-refractivity contribution >= 4 is 35.0 Å². The second kappa shape index (κ2) is 4.71. The van der Waals surface area contributed by atoms with Gasteiger partial charge in [-0.15, -0.1) is 11.8 Å². The summed E-state index contributed by atoms with van der Waals surface area (Å²) in [7, 11) is 0. The third-order valence-corrected chi connectivity index (χ3v) is 3.76. The summed E-state index contributed by atoms with van der Waals surface area (Å²) in [5.74, 6) is 0.872. The zero-order valence-electron chi connectivity index (χ0n) is 7.37. The Balaban J connectivity index is 1.94. The summed E-state index contributed by atoms with van der Waals surface area (Å²) in [6.07, 6.45) is 1.73. The molecule has 1 aromatic heterocycles. The number of hydrogen-bond donors (Lipinski definition) is 0. The van der Waals surface area contributed by atoms with Crippen molar-refractivity contribution in [2.45, 2.75) is 11.0 Å². The van der Waals surface area contributed by atoms with E-state index in [-0.39, 0.29) is 0 Å². The molecule has 5 heteroatoms. The molecular formula is C9H9Cl2NOS. The number of hydrogen-bond acceptors (Lipinski definition) is 3. The second-order valence-electron chi connectivity index (χ2n) is 3.07. The van der Waals surface area contributed by atoms with Gasteiger partial charge in [0.15, 0.2) is 0 Å². The van der Waals surface area contributed by atoms with Gasteiger partial charge in [0, 0.05) is 17.0 Å². The minimum Gasteiger partial charge on any atom is -0.379 e. The van der Waals surface area contributed by atoms with Gasteiger partial charge in [0.25, 0.3) is 0 Å². The van der Waals surface area contributed by atoms with Gasteiger partial charge < -0.3 is 4.74 Å². The van der Waals surface area contributed by atoms with E-state index < -0.39 is 0 Å². The number of pyridine rings is 1. The van der Waals surface area contributed by atoms with Gasteiger partial charge in [0.1, 0.15) is 5.15 Å². The van der Waals surface area contributed by atoms with E-state index >= 15 is 0 Å². The average molecular weight is 250 g/mol. The van der Waals surface area contributed by atoms with E-state index in [1.54, 1.807) is 12.3 Å². The van der Waals surface area contributed by atoms with Crippen molar-refractivity contribution in [3.8, 4) is 0 Å². The molecule has 0 N–H and O–H groups in total. The van der Waals surface area contributed by atoms with Crippen molar-refractivity contribution in [1.82, 2.24) is 4.98 Å². The van der Waals surface area contributed by atoms with E-state index in [1.807, 2.05) is 11.8 Å². The maximum atomic E-state index is 6.01. The minimum absolute atomic E-state index is 0.440. The monoisotopic (exact) mass is 249 g/mol. The molecule has 0 saturated carbocycles. The molecule has 0 aromatic carbocycles. The van der Waals surface area contributed by atoms with Crippen LogP contribution in [0, 0.1) is 0 Å². The van der Waals surface area contributed by atoms with Crippen LogP contribution in [0.3, 0.4) is 0 Å². The van der Waals surface area contributed by atoms with Crippen LogP contribution in [0.1, 0.15) is 5.56 Å². The second-order valence-corrected chi connectivity index (χ2v) is 5.15. The number of aromatic nitrogens is 1. The van der Waals surface area contributed by atoms with Crippen LogP contribution >= 0.6 is 35.0 Å². The summed E-state index contributed by atoms with van der Waals surface area (Å²) in [5.41, 5.74) is 1.04. The molecule has 0 radical (unpaired) electrons. The molecule has 1 aliphatic rings. The van der Waals surface area contributed by atoms with Gasteiger partial charge in [-0.05, 0) is 11.6 Å². The lowest BCUT2D eigenvalue weighted by Gasteiger charge is -2.25. The molecule has 1 aromatic rings. The van der Waals surface area contributed by atoms with Crippen LogP contribution in [0.25, 0.3) is 0 Å². The van der Waals surface area contributed by atoms with Crippen molar-refractivity contribution in [3.63, 3.8) is 0 Å². The first-order chi connectivity index (χ1) is 6.75. The first-order valence-electron chi connectivity index (χ1n) is 4.25. The van der Waals surface area contributed by atoms with Crippen LogP contribution < -0.4 is 0 Å². The van der Waals surface area contributed by atoms with Crippen LogP contribution in [0.15, 0.2) is 12.3 Å². The van der Waals surface area contributed by atoms with Crippen LogP contribution in [0.4, 0.5) is 0 Å². The van der Waals surface area contributed by atoms with Crippen molar-refractivity contribution in [1.29, 1.82) is 0 Å². The summed E-state index contributed by atoms with van der Waals surface area (Å²) in [4.78, 5) is 4.00. The molecule has 1 aliphatic heterocycles. The van der Waals surface area contributed by atoms with Crippen LogP contribution in [0.2, 0.25) is 10.2 Å². The topological polar surface area (TPSA) is 22.1 Å². The molecule has 1 saturated heterocycles. The van der Waals surface area contributed by atoms with Gasteiger partial charge in [-0.25, -0.2) is 4.98 Å². The number of halogens is 2. The van der Waals surface area contributed by atoms with Crippen molar-refractivity contribution in [2.75, 3.05) is 13.2 Å². The summed E-state index contributed by atoms with van der Waals surface area (Å²) < 4.78 is 5.08. The first kappa shape index (κ1) is 10.6. The van der Waals surface area contributed by atoms with Crippen LogP contribution in [0.5, 0.6) is 0 Å². The van der Waals surface area contributed by atoms with Crippen LogP contribution in [-0.4, -0.2) is 23.4 Å². The summed E-state index contributed by atoms with van der Waals surface area (Å²) >= 11 is 13.5. The number of rotatable bonds is 3. The molecule has 1 fully saturated rings. The predicted molar refractivity (Wildman–Crippen MR) is 60.2 cm³/mol. The standard InChI is InChI=1S/C9H9Cl2NOS/c10-8-1-9(11)12-2-6(8)5-14-7-3-13-4-7/h1-2,7H,3-5H2. The summed E-state index contributed by atoms with van der Waals surface area (Å²) in [6.45, 7) is 1.70. The molecule has 76 valence electrons. The largest absolute Gasteiger partial charge is 0.379 e. The van der Waals surface area contributed by atoms with E-state index in [0.29, 0.717) is 15.4 Å². The molecular weight excluding hydrogens is 241 g/mol. The van der Waals surface area contributed by atoms with E-state index in [4.69, 9.17) is 27.9 Å². The highest BCUT2D eigenvalue weighted by atomic mass is 35.5. The molecule has 14 heavy (non-hydrogen) atoms. The molecule has 0 atom stereocenters. The first-order valence-corrected chi connectivity index (χ1v) is 6.05. The molecule has 0 spiro atoms. The van der Waals surface area contributed by atoms with E-state index in [0.717, 1.165) is 24.5 Å². The lowest BCUT2D eigenvalue weighted by atomic mass is 10.3. The van der Waals surface area contributed by atoms with Gasteiger partial charge in [-0.3, -0.25) is 0 Å². The Labute approximate surface area is 96.9 Å². The Morgan fingerprint density at radius 2 is 2.29 bits per heavy atom. The highest BCUT2D eigenvalue weighted by Gasteiger charge is 2.18. The predicted octanol–water partition coefficient (Wildman–Crippen LogP) is 3.02. The zero-order valence-corrected chi connectivity index (χ0v) is 9.70. The normalized spacial score (nSPS) is 16.7. The SMILES string of the molecule is Clc1cc(Cl)c(CSC2COC2)cn1. The third kappa shape index (κ3) is 2.54. The lowest BCUT2D eigenvalue weighted by molar-refractivity contribution is 0.0455. The van der Waals surface area contributed by atoms with Crippen molar-refractivity contribution in [2.24, 2.45) is 0 Å². The molecule has 0 bridgehead atoms. The third-order valence-electron chi connectivity index (χ3n) is 1.98. The Hall–Kier alpha value is 0.0400. The minimum atomic E-state index is 0.440. The average Bonchev–Trinajstić information content (AvgIpc) is 2.05. The number of nitrogens with zero attached hydrogens (tertiary/aromatic N) is 1. The Kier molecular flexibility index (Phi) is 3.55. The van der Waals surface area contributed by atoms with Gasteiger partial charge in [0.05, 0.1) is 18.5 Å². The fourth-order valence-corrected chi connectivity index (χ4v) is 2.60. The van der Waals surface area contributed by atoms with Crippen LogP contribution in [-0.2, 0) is 10.5 Å². The van der Waals surface area contributed by atoms with E-state index in [2.05, 4.69) is 4.98 Å².